The van der Waals surface area contributed by atoms with Crippen molar-refractivity contribution in [2.24, 2.45) is 0 Å². The summed E-state index contributed by atoms with van der Waals surface area (Å²) >= 11 is 0. The maximum Gasteiger partial charge on any atom is 0.295 e. The Morgan fingerprint density at radius 3 is 2.76 bits per heavy atom. The number of carbonyl (C=O) groups excluding carboxylic acids is 2. The average Bonchev–Trinajstić information content (AvgIpc) is 3.55. The van der Waals surface area contributed by atoms with Crippen molar-refractivity contribution in [1.29, 1.82) is 0 Å². The highest BCUT2D eigenvalue weighted by Gasteiger charge is 2.44. The molecular weight excluding hydrogens is 486 g/mol. The maximum atomic E-state index is 13.8. The van der Waals surface area contributed by atoms with Gasteiger partial charge in [-0.15, -0.1) is 0 Å². The number of fused-ring (bicyclic) bond motifs is 1. The number of nitrogens with one attached hydrogen (secondary N) is 1. The molecule has 5 rings (SSSR count). The van der Waals surface area contributed by atoms with Crippen molar-refractivity contribution in [3.05, 3.63) is 77.9 Å². The highest BCUT2D eigenvalue weighted by atomic mass is 16.6. The van der Waals surface area contributed by atoms with Gasteiger partial charge in [0, 0.05) is 18.5 Å². The number of Topliss-reactive ketones (excluding diaryl/α,β-unsaturated/α-hetero) is 1. The second kappa shape index (κ2) is 11.4. The molecule has 2 aliphatic rings. The van der Waals surface area contributed by atoms with E-state index in [2.05, 4.69) is 11.9 Å². The predicted molar refractivity (Wildman–Crippen MR) is 136 cm³/mol. The van der Waals surface area contributed by atoms with Crippen LogP contribution in [0.25, 0.3) is 5.76 Å². The van der Waals surface area contributed by atoms with Crippen LogP contribution in [-0.2, 0) is 16.1 Å². The number of rotatable bonds is 10. The third kappa shape index (κ3) is 5.22. The smallest absolute Gasteiger partial charge is 0.295 e. The number of H-pyrrole nitrogens is 1. The zero-order valence-corrected chi connectivity index (χ0v) is 21.4. The lowest BCUT2D eigenvalue weighted by Gasteiger charge is -2.28. The van der Waals surface area contributed by atoms with Crippen LogP contribution in [0.1, 0.15) is 43.4 Å². The summed E-state index contributed by atoms with van der Waals surface area (Å²) in [6.45, 7) is 4.42. The second-order valence-electron chi connectivity index (χ2n) is 9.31. The van der Waals surface area contributed by atoms with E-state index < -0.39 is 23.5 Å². The molecule has 198 valence electrons. The molecule has 0 saturated carbocycles. The maximum absolute atomic E-state index is 13.8. The zero-order chi connectivity index (χ0) is 26.5. The van der Waals surface area contributed by atoms with Gasteiger partial charge in [0.15, 0.2) is 11.5 Å². The van der Waals surface area contributed by atoms with Crippen molar-refractivity contribution >= 4 is 17.4 Å². The molecule has 2 aliphatic heterocycles. The fourth-order valence-corrected chi connectivity index (χ4v) is 4.78. The predicted octanol–water partition coefficient (Wildman–Crippen LogP) is 2.57. The van der Waals surface area contributed by atoms with Crippen molar-refractivity contribution in [3.8, 4) is 17.2 Å². The number of aryl methyl sites for hydroxylation is 1. The number of ether oxygens (including phenoxy) is 3. The van der Waals surface area contributed by atoms with Crippen LogP contribution in [-0.4, -0.2) is 47.9 Å². The number of likely N-dealkylation sites (tertiary alicyclic amines) is 1. The number of aromatic amines is 1. The Morgan fingerprint density at radius 2 is 1.97 bits per heavy atom. The minimum Gasteiger partial charge on any atom is -0.872 e. The van der Waals surface area contributed by atoms with E-state index >= 15 is 0 Å². The van der Waals surface area contributed by atoms with Crippen LogP contribution in [0.4, 0.5) is 0 Å². The Kier molecular flexibility index (Phi) is 7.62. The number of unbranched alkanes of at least 4 members (excludes halogenated alkanes) is 1. The van der Waals surface area contributed by atoms with Gasteiger partial charge >= 0.3 is 0 Å². The lowest BCUT2D eigenvalue weighted by molar-refractivity contribution is -0.695. The molecule has 1 aromatic heterocycles. The summed E-state index contributed by atoms with van der Waals surface area (Å²) in [6.07, 6.45) is 8.06. The third-order valence-corrected chi connectivity index (χ3v) is 6.69. The van der Waals surface area contributed by atoms with Crippen LogP contribution in [0, 0.1) is 0 Å². The van der Waals surface area contributed by atoms with Gasteiger partial charge in [0.05, 0.1) is 19.2 Å². The number of amides is 1. The molecule has 9 nitrogen and oxygen atoms in total. The number of ketones is 1. The van der Waals surface area contributed by atoms with Crippen LogP contribution >= 0.6 is 0 Å². The summed E-state index contributed by atoms with van der Waals surface area (Å²) in [6, 6.07) is 11.3. The summed E-state index contributed by atoms with van der Waals surface area (Å²) in [5.74, 6) is -0.317. The third-order valence-electron chi connectivity index (χ3n) is 6.69. The number of hydrogen-bond acceptors (Lipinski definition) is 6. The molecule has 1 atom stereocenters. The molecule has 0 spiro atoms. The van der Waals surface area contributed by atoms with Gasteiger partial charge in [0.1, 0.15) is 31.4 Å². The normalized spacial score (nSPS) is 18.1. The molecule has 1 amide bonds. The van der Waals surface area contributed by atoms with Crippen LogP contribution in [0.2, 0.25) is 0 Å². The van der Waals surface area contributed by atoms with Crippen molar-refractivity contribution < 1.29 is 33.5 Å². The fraction of sp³-hybridized carbons (Fsp3) is 0.345. The van der Waals surface area contributed by atoms with E-state index in [4.69, 9.17) is 14.2 Å². The molecule has 2 aromatic carbocycles. The molecule has 1 N–H and O–H groups in total. The van der Waals surface area contributed by atoms with Crippen LogP contribution in [0.15, 0.2) is 66.8 Å². The fourth-order valence-electron chi connectivity index (χ4n) is 4.78. The molecule has 0 aliphatic carbocycles. The Bertz CT molecular complexity index is 1330. The summed E-state index contributed by atoms with van der Waals surface area (Å²) in [7, 11) is 0. The van der Waals surface area contributed by atoms with Crippen molar-refractivity contribution in [2.45, 2.75) is 38.8 Å². The molecule has 3 heterocycles. The van der Waals surface area contributed by atoms with Gasteiger partial charge in [0.2, 0.25) is 12.1 Å². The van der Waals surface area contributed by atoms with Crippen molar-refractivity contribution in [3.63, 3.8) is 0 Å². The number of nitrogens with zero attached hydrogens (tertiary/aromatic N) is 2. The Labute approximate surface area is 221 Å². The van der Waals surface area contributed by atoms with Gasteiger partial charge in [-0.05, 0) is 41.8 Å². The topological polar surface area (TPSA) is 108 Å². The quantitative estimate of drug-likeness (QED) is 0.146. The molecule has 3 aromatic rings. The molecule has 0 bridgehead atoms. The first-order valence-corrected chi connectivity index (χ1v) is 13.0. The molecule has 1 fully saturated rings. The van der Waals surface area contributed by atoms with E-state index in [1.807, 2.05) is 47.6 Å². The highest BCUT2D eigenvalue weighted by molar-refractivity contribution is 6.46. The zero-order valence-electron chi connectivity index (χ0n) is 21.4. The Morgan fingerprint density at radius 1 is 1.13 bits per heavy atom. The van der Waals surface area contributed by atoms with Gasteiger partial charge < -0.3 is 24.2 Å². The van der Waals surface area contributed by atoms with Gasteiger partial charge in [-0.2, -0.15) is 0 Å². The monoisotopic (exact) mass is 517 g/mol. The first-order chi connectivity index (χ1) is 18.6. The van der Waals surface area contributed by atoms with E-state index in [9.17, 15) is 14.7 Å². The van der Waals surface area contributed by atoms with E-state index in [-0.39, 0.29) is 11.1 Å². The number of imidazole rings is 1. The average molecular weight is 518 g/mol. The first-order valence-electron chi connectivity index (χ1n) is 13.0. The molecule has 38 heavy (non-hydrogen) atoms. The van der Waals surface area contributed by atoms with Crippen LogP contribution < -0.4 is 23.9 Å². The van der Waals surface area contributed by atoms with Crippen molar-refractivity contribution in [2.75, 3.05) is 26.4 Å². The van der Waals surface area contributed by atoms with E-state index in [1.165, 1.54) is 4.90 Å². The van der Waals surface area contributed by atoms with E-state index in [0.29, 0.717) is 62.1 Å². The minimum absolute atomic E-state index is 0.0633. The second-order valence-corrected chi connectivity index (χ2v) is 9.31. The summed E-state index contributed by atoms with van der Waals surface area (Å²) < 4.78 is 19.1. The molecular formula is C29H31N3O6. The number of hydrogen-bond donors (Lipinski definition) is 1. The standard InChI is InChI=1S/C29H31N3O6/c1-2-3-14-36-22-7-4-6-20(17-22)26-25(27(33)21-8-9-23-24(18-21)38-16-15-37-23)28(34)29(35)32(26)12-5-11-31-13-10-30-19-31/h4,6-10,13,17-19,26H,2-3,5,11-12,14-16H2,1H3,(H,33,34). The molecule has 0 radical (unpaired) electrons. The Balaban J connectivity index is 1.52. The summed E-state index contributed by atoms with van der Waals surface area (Å²) in [4.78, 5) is 31.1. The first kappa shape index (κ1) is 25.4. The lowest BCUT2D eigenvalue weighted by atomic mass is 9.95. The largest absolute Gasteiger partial charge is 0.872 e. The van der Waals surface area contributed by atoms with Crippen LogP contribution in [0.5, 0.6) is 17.2 Å². The van der Waals surface area contributed by atoms with Crippen molar-refractivity contribution in [1.82, 2.24) is 9.88 Å². The summed E-state index contributed by atoms with van der Waals surface area (Å²) in [5.41, 5.74) is 0.871. The van der Waals surface area contributed by atoms with E-state index in [0.717, 1.165) is 12.8 Å². The van der Waals surface area contributed by atoms with Gasteiger partial charge in [0.25, 0.3) is 5.91 Å². The number of carbonyl (C=O) groups is 2. The molecule has 1 saturated heterocycles. The van der Waals surface area contributed by atoms with Gasteiger partial charge in [-0.25, -0.2) is 4.57 Å². The van der Waals surface area contributed by atoms with Crippen LogP contribution in [0.3, 0.4) is 0 Å². The SMILES string of the molecule is CCCCOc1cccc(C2C(=C([O-])c3ccc4c(c3)OCCO4)C(=O)C(=O)N2CCC[n+]2cc[nH]c2)c1. The molecule has 9 heteroatoms. The lowest BCUT2D eigenvalue weighted by Crippen LogP contribution is -2.36. The number of benzene rings is 2. The molecule has 1 unspecified atom stereocenters. The van der Waals surface area contributed by atoms with Gasteiger partial charge in [-0.1, -0.05) is 37.3 Å². The number of aromatic nitrogens is 2. The van der Waals surface area contributed by atoms with E-state index in [1.54, 1.807) is 18.2 Å². The summed E-state index contributed by atoms with van der Waals surface area (Å²) in [5, 5.41) is 13.8. The Hall–Kier alpha value is -4.27. The highest BCUT2D eigenvalue weighted by Crippen LogP contribution is 2.41. The van der Waals surface area contributed by atoms with Gasteiger partial charge in [-0.3, -0.25) is 14.6 Å². The minimum atomic E-state index is -0.818.